The minimum atomic E-state index is 0.508. The number of para-hydroxylation sites is 2. The molecular formula is C24H31N5O2. The first-order valence-corrected chi connectivity index (χ1v) is 10.4. The van der Waals surface area contributed by atoms with Crippen LogP contribution in [0.3, 0.4) is 0 Å². The van der Waals surface area contributed by atoms with E-state index in [4.69, 9.17) is 9.47 Å². The van der Waals surface area contributed by atoms with Crippen molar-refractivity contribution in [3.05, 3.63) is 77.1 Å². The van der Waals surface area contributed by atoms with Gasteiger partial charge in [-0.3, -0.25) is 4.99 Å². The highest BCUT2D eigenvalue weighted by atomic mass is 16.5. The van der Waals surface area contributed by atoms with Crippen LogP contribution in [-0.4, -0.2) is 43.0 Å². The van der Waals surface area contributed by atoms with Gasteiger partial charge in [-0.2, -0.15) is 5.10 Å². The molecule has 0 bridgehead atoms. The second kappa shape index (κ2) is 11.2. The number of hydrogen-bond acceptors (Lipinski definition) is 4. The topological polar surface area (TPSA) is 72.7 Å². The van der Waals surface area contributed by atoms with E-state index in [1.54, 1.807) is 14.2 Å². The summed E-state index contributed by atoms with van der Waals surface area (Å²) in [7, 11) is 3.43. The molecule has 0 aliphatic heterocycles. The van der Waals surface area contributed by atoms with E-state index in [1.165, 1.54) is 0 Å². The Labute approximate surface area is 184 Å². The summed E-state index contributed by atoms with van der Waals surface area (Å²) in [4.78, 5) is 4.31. The Morgan fingerprint density at radius 1 is 1.03 bits per heavy atom. The number of aliphatic imine (C=N–C) groups is 1. The summed E-state index contributed by atoms with van der Waals surface area (Å²) in [6.45, 7) is 6.42. The summed E-state index contributed by atoms with van der Waals surface area (Å²) >= 11 is 0. The molecule has 0 radical (unpaired) electrons. The zero-order valence-corrected chi connectivity index (χ0v) is 18.7. The highest BCUT2D eigenvalue weighted by molar-refractivity contribution is 5.79. The van der Waals surface area contributed by atoms with E-state index < -0.39 is 0 Å². The van der Waals surface area contributed by atoms with Crippen molar-refractivity contribution in [3.63, 3.8) is 0 Å². The van der Waals surface area contributed by atoms with Gasteiger partial charge < -0.3 is 20.1 Å². The van der Waals surface area contributed by atoms with Gasteiger partial charge >= 0.3 is 0 Å². The number of hydrogen-bond donors (Lipinski definition) is 2. The number of nitrogens with zero attached hydrogens (tertiary/aromatic N) is 3. The van der Waals surface area contributed by atoms with Crippen molar-refractivity contribution in [1.82, 2.24) is 20.4 Å². The van der Waals surface area contributed by atoms with Crippen molar-refractivity contribution in [2.24, 2.45) is 4.99 Å². The summed E-state index contributed by atoms with van der Waals surface area (Å²) in [5.74, 6) is 1.57. The minimum absolute atomic E-state index is 0.508. The molecule has 1 aromatic heterocycles. The molecule has 3 aromatic rings. The van der Waals surface area contributed by atoms with E-state index in [0.29, 0.717) is 26.3 Å². The summed E-state index contributed by atoms with van der Waals surface area (Å²) in [5.41, 5.74) is 5.36. The predicted molar refractivity (Wildman–Crippen MR) is 124 cm³/mol. The fourth-order valence-corrected chi connectivity index (χ4v) is 3.39. The molecule has 2 N–H and O–H groups in total. The number of benzene rings is 2. The van der Waals surface area contributed by atoms with Crippen molar-refractivity contribution < 1.29 is 9.47 Å². The SMILES string of the molecule is CN=C(NCCOCc1ccccc1OC)NCc1ccccc1-n1nc(C)cc1C. The molecule has 31 heavy (non-hydrogen) atoms. The third-order valence-electron chi connectivity index (χ3n) is 4.89. The zero-order valence-electron chi connectivity index (χ0n) is 18.7. The highest BCUT2D eigenvalue weighted by Crippen LogP contribution is 2.18. The average Bonchev–Trinajstić information content (AvgIpc) is 3.13. The molecule has 0 aliphatic rings. The summed E-state index contributed by atoms with van der Waals surface area (Å²) in [6.07, 6.45) is 0. The lowest BCUT2D eigenvalue weighted by Gasteiger charge is -2.15. The first-order valence-electron chi connectivity index (χ1n) is 10.4. The molecule has 1 heterocycles. The number of nitrogens with one attached hydrogen (secondary N) is 2. The van der Waals surface area contributed by atoms with E-state index in [0.717, 1.165) is 39.9 Å². The van der Waals surface area contributed by atoms with Gasteiger partial charge in [0.1, 0.15) is 5.75 Å². The second-order valence-electron chi connectivity index (χ2n) is 7.18. The number of rotatable bonds is 9. The van der Waals surface area contributed by atoms with Crippen LogP contribution in [0.2, 0.25) is 0 Å². The first-order chi connectivity index (χ1) is 15.1. The van der Waals surface area contributed by atoms with Crippen molar-refractivity contribution >= 4 is 5.96 Å². The van der Waals surface area contributed by atoms with Crippen molar-refractivity contribution in [2.75, 3.05) is 27.3 Å². The van der Waals surface area contributed by atoms with Crippen LogP contribution in [0.1, 0.15) is 22.5 Å². The third kappa shape index (κ3) is 6.08. The molecule has 0 saturated heterocycles. The van der Waals surface area contributed by atoms with Crippen LogP contribution in [0.5, 0.6) is 5.75 Å². The maximum atomic E-state index is 5.78. The molecule has 2 aromatic carbocycles. The molecule has 7 nitrogen and oxygen atoms in total. The maximum Gasteiger partial charge on any atom is 0.191 e. The standard InChI is InChI=1S/C24H31N5O2/c1-18-15-19(2)29(28-18)22-11-7-5-9-20(22)16-27-24(25-3)26-13-14-31-17-21-10-6-8-12-23(21)30-4/h5-12,15H,13-14,16-17H2,1-4H3,(H2,25,26,27). The Hall–Kier alpha value is -3.32. The normalized spacial score (nSPS) is 11.4. The van der Waals surface area contributed by atoms with Crippen LogP contribution < -0.4 is 15.4 Å². The van der Waals surface area contributed by atoms with Gasteiger partial charge in [0.05, 0.1) is 31.7 Å². The maximum absolute atomic E-state index is 5.78. The quantitative estimate of drug-likeness (QED) is 0.315. The Balaban J connectivity index is 1.49. The van der Waals surface area contributed by atoms with E-state index in [-0.39, 0.29) is 0 Å². The summed E-state index contributed by atoms with van der Waals surface area (Å²) in [5, 5.41) is 11.3. The molecule has 0 saturated carbocycles. The van der Waals surface area contributed by atoms with Crippen LogP contribution in [0.25, 0.3) is 5.69 Å². The molecule has 164 valence electrons. The fourth-order valence-electron chi connectivity index (χ4n) is 3.39. The monoisotopic (exact) mass is 421 g/mol. The zero-order chi connectivity index (χ0) is 22.1. The molecule has 7 heteroatoms. The lowest BCUT2D eigenvalue weighted by atomic mass is 10.1. The number of aromatic nitrogens is 2. The average molecular weight is 422 g/mol. The molecule has 0 amide bonds. The smallest absolute Gasteiger partial charge is 0.191 e. The third-order valence-corrected chi connectivity index (χ3v) is 4.89. The largest absolute Gasteiger partial charge is 0.496 e. The van der Waals surface area contributed by atoms with E-state index in [9.17, 15) is 0 Å². The van der Waals surface area contributed by atoms with Gasteiger partial charge in [0.25, 0.3) is 0 Å². The predicted octanol–water partition coefficient (Wildman–Crippen LogP) is 3.38. The lowest BCUT2D eigenvalue weighted by molar-refractivity contribution is 0.123. The minimum Gasteiger partial charge on any atom is -0.496 e. The molecule has 0 aliphatic carbocycles. The van der Waals surface area contributed by atoms with Crippen molar-refractivity contribution in [2.45, 2.75) is 27.0 Å². The Bertz CT molecular complexity index is 1010. The van der Waals surface area contributed by atoms with Gasteiger partial charge in [0.2, 0.25) is 0 Å². The molecule has 3 rings (SSSR count). The van der Waals surface area contributed by atoms with Crippen LogP contribution >= 0.6 is 0 Å². The van der Waals surface area contributed by atoms with Crippen molar-refractivity contribution in [3.8, 4) is 11.4 Å². The summed E-state index contributed by atoms with van der Waals surface area (Å²) in [6, 6.07) is 18.2. The fraction of sp³-hybridized carbons (Fsp3) is 0.333. The van der Waals surface area contributed by atoms with Gasteiger partial charge in [-0.15, -0.1) is 0 Å². The van der Waals surface area contributed by atoms with Gasteiger partial charge in [0, 0.05) is 31.4 Å². The van der Waals surface area contributed by atoms with E-state index >= 15 is 0 Å². The Kier molecular flexibility index (Phi) is 8.06. The van der Waals surface area contributed by atoms with Crippen LogP contribution in [0.15, 0.2) is 59.6 Å². The molecule has 0 fully saturated rings. The number of aryl methyl sites for hydroxylation is 2. The molecule has 0 atom stereocenters. The van der Waals surface area contributed by atoms with E-state index in [1.807, 2.05) is 48.0 Å². The van der Waals surface area contributed by atoms with E-state index in [2.05, 4.69) is 45.8 Å². The highest BCUT2D eigenvalue weighted by Gasteiger charge is 2.09. The van der Waals surface area contributed by atoms with Gasteiger partial charge in [0.15, 0.2) is 5.96 Å². The first kappa shape index (κ1) is 22.4. The number of methoxy groups -OCH3 is 1. The van der Waals surface area contributed by atoms with Crippen LogP contribution in [-0.2, 0) is 17.9 Å². The van der Waals surface area contributed by atoms with Gasteiger partial charge in [-0.05, 0) is 37.6 Å². The summed E-state index contributed by atoms with van der Waals surface area (Å²) < 4.78 is 13.1. The second-order valence-corrected chi connectivity index (χ2v) is 7.18. The van der Waals surface area contributed by atoms with Crippen molar-refractivity contribution in [1.29, 1.82) is 0 Å². The Morgan fingerprint density at radius 2 is 1.77 bits per heavy atom. The van der Waals surface area contributed by atoms with Crippen LogP contribution in [0, 0.1) is 13.8 Å². The van der Waals surface area contributed by atoms with Gasteiger partial charge in [-0.25, -0.2) is 4.68 Å². The lowest BCUT2D eigenvalue weighted by Crippen LogP contribution is -2.38. The molecule has 0 unspecified atom stereocenters. The van der Waals surface area contributed by atoms with Gasteiger partial charge in [-0.1, -0.05) is 36.4 Å². The van der Waals surface area contributed by atoms with Crippen LogP contribution in [0.4, 0.5) is 0 Å². The number of guanidine groups is 1. The molecule has 0 spiro atoms. The Morgan fingerprint density at radius 3 is 2.48 bits per heavy atom. The molecular weight excluding hydrogens is 390 g/mol. The number of ether oxygens (including phenoxy) is 2.